The first-order valence-corrected chi connectivity index (χ1v) is 6.69. The number of hydrogen-bond acceptors (Lipinski definition) is 4. The van der Waals surface area contributed by atoms with Crippen LogP contribution in [0.25, 0.3) is 0 Å². The Bertz CT molecular complexity index is 656. The smallest absolute Gasteiger partial charge is 0.227 e. The number of phenolic OH excluding ortho intramolecular Hbond substituents is 1. The number of phenols is 1. The molecule has 1 aliphatic carbocycles. The molecule has 1 amide bonds. The molecule has 1 atom stereocenters. The zero-order valence-corrected chi connectivity index (χ0v) is 11.3. The van der Waals surface area contributed by atoms with E-state index in [1.807, 2.05) is 0 Å². The van der Waals surface area contributed by atoms with Crippen LogP contribution in [0.3, 0.4) is 0 Å². The first-order valence-electron chi connectivity index (χ1n) is 6.31. The Labute approximate surface area is 120 Å². The van der Waals surface area contributed by atoms with Crippen molar-refractivity contribution in [1.82, 2.24) is 15.4 Å². The zero-order chi connectivity index (χ0) is 14.1. The quantitative estimate of drug-likeness (QED) is 0.737. The van der Waals surface area contributed by atoms with Crippen molar-refractivity contribution in [3.63, 3.8) is 0 Å². The molecular weight excluding hydrogens is 280 g/mol. The molecule has 1 aromatic heterocycles. The van der Waals surface area contributed by atoms with Crippen molar-refractivity contribution in [2.45, 2.75) is 19.3 Å². The Kier molecular flexibility index (Phi) is 3.31. The fraction of sp³-hybridized carbons (Fsp3) is 0.308. The molecule has 6 nitrogen and oxygen atoms in total. The normalized spacial score (nSPS) is 17.6. The fourth-order valence-electron chi connectivity index (χ4n) is 2.35. The largest absolute Gasteiger partial charge is 0.506 e. The third kappa shape index (κ3) is 2.46. The molecule has 2 aromatic rings. The number of nitrogens with one attached hydrogen (secondary N) is 2. The summed E-state index contributed by atoms with van der Waals surface area (Å²) >= 11 is 5.85. The van der Waals surface area contributed by atoms with Crippen LogP contribution in [0.5, 0.6) is 5.75 Å². The number of rotatable bonds is 2. The van der Waals surface area contributed by atoms with E-state index < -0.39 is 0 Å². The fourth-order valence-corrected chi connectivity index (χ4v) is 2.52. The monoisotopic (exact) mass is 292 g/mol. The van der Waals surface area contributed by atoms with Crippen LogP contribution in [0, 0.1) is 5.92 Å². The number of aryl methyl sites for hydroxylation is 1. The van der Waals surface area contributed by atoms with Gasteiger partial charge in [0.15, 0.2) is 0 Å². The molecule has 0 aliphatic heterocycles. The summed E-state index contributed by atoms with van der Waals surface area (Å²) in [5.74, 6) is -0.317. The molecule has 0 spiro atoms. The van der Waals surface area contributed by atoms with Gasteiger partial charge in [0.1, 0.15) is 5.75 Å². The van der Waals surface area contributed by atoms with Crippen molar-refractivity contribution in [2.24, 2.45) is 5.92 Å². The molecule has 1 aliphatic rings. The van der Waals surface area contributed by atoms with Crippen molar-refractivity contribution >= 4 is 23.2 Å². The summed E-state index contributed by atoms with van der Waals surface area (Å²) in [5, 5.41) is 23.5. The van der Waals surface area contributed by atoms with Gasteiger partial charge in [-0.1, -0.05) is 11.6 Å². The molecule has 0 bridgehead atoms. The average Bonchev–Trinajstić information content (AvgIpc) is 2.90. The number of H-pyrrole nitrogens is 1. The molecule has 0 radical (unpaired) electrons. The summed E-state index contributed by atoms with van der Waals surface area (Å²) in [7, 11) is 0. The van der Waals surface area contributed by atoms with Crippen molar-refractivity contribution in [2.75, 3.05) is 5.32 Å². The van der Waals surface area contributed by atoms with Gasteiger partial charge in [0.05, 0.1) is 17.1 Å². The van der Waals surface area contributed by atoms with E-state index in [2.05, 4.69) is 20.7 Å². The number of aromatic nitrogens is 3. The number of anilines is 1. The molecule has 104 valence electrons. The number of aromatic hydroxyl groups is 1. The van der Waals surface area contributed by atoms with Gasteiger partial charge >= 0.3 is 0 Å². The van der Waals surface area contributed by atoms with Gasteiger partial charge in [0.25, 0.3) is 0 Å². The molecule has 1 aromatic carbocycles. The van der Waals surface area contributed by atoms with Crippen molar-refractivity contribution in [3.8, 4) is 5.75 Å². The summed E-state index contributed by atoms with van der Waals surface area (Å²) in [6.07, 6.45) is 2.00. The van der Waals surface area contributed by atoms with E-state index >= 15 is 0 Å². The van der Waals surface area contributed by atoms with Crippen molar-refractivity contribution in [3.05, 3.63) is 34.6 Å². The van der Waals surface area contributed by atoms with Crippen LogP contribution in [-0.4, -0.2) is 26.4 Å². The second kappa shape index (κ2) is 5.13. The number of carbonyl (C=O) groups excluding carboxylic acids is 1. The molecule has 20 heavy (non-hydrogen) atoms. The number of nitrogens with zero attached hydrogens (tertiary/aromatic N) is 2. The number of carbonyl (C=O) groups is 1. The maximum absolute atomic E-state index is 12.2. The van der Waals surface area contributed by atoms with Crippen LogP contribution in [0.4, 0.5) is 5.69 Å². The molecule has 1 heterocycles. The number of fused-ring (bicyclic) bond motifs is 1. The molecule has 7 heteroatoms. The van der Waals surface area contributed by atoms with Crippen LogP contribution >= 0.6 is 11.6 Å². The first kappa shape index (κ1) is 12.9. The molecule has 1 unspecified atom stereocenters. The van der Waals surface area contributed by atoms with E-state index in [4.69, 9.17) is 11.6 Å². The van der Waals surface area contributed by atoms with Gasteiger partial charge in [-0.15, -0.1) is 0 Å². The lowest BCUT2D eigenvalue weighted by atomic mass is 9.89. The number of hydrogen-bond donors (Lipinski definition) is 3. The third-order valence-electron chi connectivity index (χ3n) is 3.46. The predicted octanol–water partition coefficient (Wildman–Crippen LogP) is 1.91. The highest BCUT2D eigenvalue weighted by atomic mass is 35.5. The summed E-state index contributed by atoms with van der Waals surface area (Å²) in [6, 6.07) is 4.54. The zero-order valence-electron chi connectivity index (χ0n) is 10.6. The summed E-state index contributed by atoms with van der Waals surface area (Å²) in [6.45, 7) is 0. The second-order valence-corrected chi connectivity index (χ2v) is 5.24. The van der Waals surface area contributed by atoms with Gasteiger partial charge in [-0.2, -0.15) is 15.4 Å². The molecule has 0 fully saturated rings. The molecule has 3 rings (SSSR count). The Balaban J connectivity index is 1.73. The minimum absolute atomic E-state index is 0.000634. The van der Waals surface area contributed by atoms with E-state index in [1.54, 1.807) is 6.07 Å². The standard InChI is InChI=1S/C13H13ClN4O2/c14-8-2-4-12(19)11(6-8)15-13(20)7-1-3-9-10(5-7)17-18-16-9/h2,4,6-7,19H,1,3,5H2,(H,15,20)(H,16,17,18). The van der Waals surface area contributed by atoms with E-state index in [9.17, 15) is 9.90 Å². The highest BCUT2D eigenvalue weighted by molar-refractivity contribution is 6.31. The average molecular weight is 293 g/mol. The third-order valence-corrected chi connectivity index (χ3v) is 3.69. The highest BCUT2D eigenvalue weighted by Crippen LogP contribution is 2.29. The van der Waals surface area contributed by atoms with E-state index in [-0.39, 0.29) is 17.6 Å². The molecule has 0 saturated heterocycles. The Morgan fingerprint density at radius 3 is 3.05 bits per heavy atom. The first-order chi connectivity index (χ1) is 9.63. The van der Waals surface area contributed by atoms with Gasteiger partial charge in [-0.25, -0.2) is 0 Å². The summed E-state index contributed by atoms with van der Waals surface area (Å²) in [5.41, 5.74) is 2.10. The minimum Gasteiger partial charge on any atom is -0.506 e. The maximum Gasteiger partial charge on any atom is 0.227 e. The Morgan fingerprint density at radius 2 is 2.20 bits per heavy atom. The number of amides is 1. The maximum atomic E-state index is 12.2. The number of aromatic amines is 1. The van der Waals surface area contributed by atoms with Crippen molar-refractivity contribution < 1.29 is 9.90 Å². The molecular formula is C13H13ClN4O2. The van der Waals surface area contributed by atoms with Gasteiger partial charge in [0, 0.05) is 17.4 Å². The summed E-state index contributed by atoms with van der Waals surface area (Å²) < 4.78 is 0. The summed E-state index contributed by atoms with van der Waals surface area (Å²) in [4.78, 5) is 12.2. The van der Waals surface area contributed by atoms with E-state index in [0.717, 1.165) is 17.8 Å². The van der Waals surface area contributed by atoms with Crippen LogP contribution < -0.4 is 5.32 Å². The minimum atomic E-state index is -0.175. The highest BCUT2D eigenvalue weighted by Gasteiger charge is 2.27. The van der Waals surface area contributed by atoms with Crippen LogP contribution in [-0.2, 0) is 17.6 Å². The van der Waals surface area contributed by atoms with Crippen LogP contribution in [0.15, 0.2) is 18.2 Å². The van der Waals surface area contributed by atoms with E-state index in [1.165, 1.54) is 12.1 Å². The lowest BCUT2D eigenvalue weighted by molar-refractivity contribution is -0.120. The lowest BCUT2D eigenvalue weighted by Crippen LogP contribution is -2.28. The second-order valence-electron chi connectivity index (χ2n) is 4.81. The van der Waals surface area contributed by atoms with Gasteiger partial charge < -0.3 is 10.4 Å². The lowest BCUT2D eigenvalue weighted by Gasteiger charge is -2.20. The predicted molar refractivity (Wildman–Crippen MR) is 73.6 cm³/mol. The van der Waals surface area contributed by atoms with Gasteiger partial charge in [0.2, 0.25) is 5.91 Å². The van der Waals surface area contributed by atoms with Crippen LogP contribution in [0.1, 0.15) is 17.8 Å². The Morgan fingerprint density at radius 1 is 1.40 bits per heavy atom. The number of benzene rings is 1. The van der Waals surface area contributed by atoms with Gasteiger partial charge in [-0.3, -0.25) is 4.79 Å². The SMILES string of the molecule is O=C(Nc1cc(Cl)ccc1O)C1CCc2n[nH]nc2C1. The number of halogens is 1. The molecule has 0 saturated carbocycles. The molecule has 3 N–H and O–H groups in total. The van der Waals surface area contributed by atoms with E-state index in [0.29, 0.717) is 23.6 Å². The topological polar surface area (TPSA) is 90.9 Å². The Hall–Kier alpha value is -2.08. The van der Waals surface area contributed by atoms with Crippen molar-refractivity contribution in [1.29, 1.82) is 0 Å². The van der Waals surface area contributed by atoms with Gasteiger partial charge in [-0.05, 0) is 31.0 Å². The van der Waals surface area contributed by atoms with Crippen LogP contribution in [0.2, 0.25) is 5.02 Å².